The van der Waals surface area contributed by atoms with Gasteiger partial charge in [0.1, 0.15) is 0 Å². The number of allylic oxidation sites excluding steroid dienone is 4. The van der Waals surface area contributed by atoms with Gasteiger partial charge in [-0.15, -0.1) is 0 Å². The predicted octanol–water partition coefficient (Wildman–Crippen LogP) is 3.84. The Hall–Kier alpha value is -1.84. The van der Waals surface area contributed by atoms with Gasteiger partial charge in [0, 0.05) is 0 Å². The van der Waals surface area contributed by atoms with E-state index in [-0.39, 0.29) is 6.61 Å². The molecular formula is C14H22O4. The molecule has 0 aliphatic rings. The Morgan fingerprint density at radius 2 is 1.06 bits per heavy atom. The summed E-state index contributed by atoms with van der Waals surface area (Å²) < 4.78 is 21.6. The third kappa shape index (κ3) is 6.68. The lowest BCUT2D eigenvalue weighted by Crippen LogP contribution is -2.39. The van der Waals surface area contributed by atoms with E-state index in [1.165, 1.54) is 18.8 Å². The standard InChI is InChI=1S/C14H22O4/c1-5-9-15-13-14(16-10-6-2,17-11-7-3)18-12-8-4/h5-12H,13H2,1-4H3. The summed E-state index contributed by atoms with van der Waals surface area (Å²) in [5.41, 5.74) is 0. The molecule has 0 saturated heterocycles. The normalized spacial score (nSPS) is 15.6. The van der Waals surface area contributed by atoms with Crippen LogP contribution in [0.5, 0.6) is 0 Å². The Balaban J connectivity index is 4.83. The van der Waals surface area contributed by atoms with Gasteiger partial charge >= 0.3 is 5.97 Å². The molecule has 0 atom stereocenters. The summed E-state index contributed by atoms with van der Waals surface area (Å²) in [6, 6.07) is 0. The molecule has 0 rings (SSSR count). The molecule has 0 fully saturated rings. The van der Waals surface area contributed by atoms with E-state index in [1.807, 2.05) is 27.7 Å². The number of hydrogen-bond acceptors (Lipinski definition) is 4. The quantitative estimate of drug-likeness (QED) is 0.462. The van der Waals surface area contributed by atoms with E-state index in [2.05, 4.69) is 0 Å². The molecule has 0 N–H and O–H groups in total. The first-order valence-electron chi connectivity index (χ1n) is 5.84. The van der Waals surface area contributed by atoms with Gasteiger partial charge in [0.05, 0.1) is 25.0 Å². The van der Waals surface area contributed by atoms with Crippen LogP contribution in [0.2, 0.25) is 0 Å². The van der Waals surface area contributed by atoms with Crippen LogP contribution in [0.1, 0.15) is 27.7 Å². The Bertz CT molecular complexity index is 267. The largest absolute Gasteiger partial charge is 0.489 e. The van der Waals surface area contributed by atoms with Crippen molar-refractivity contribution in [3.8, 4) is 0 Å². The summed E-state index contributed by atoms with van der Waals surface area (Å²) in [4.78, 5) is 0. The van der Waals surface area contributed by atoms with E-state index < -0.39 is 5.97 Å². The first-order chi connectivity index (χ1) is 8.74. The fraction of sp³-hybridized carbons (Fsp3) is 0.429. The van der Waals surface area contributed by atoms with E-state index in [0.29, 0.717) is 0 Å². The van der Waals surface area contributed by atoms with E-state index >= 15 is 0 Å². The first kappa shape index (κ1) is 16.2. The summed E-state index contributed by atoms with van der Waals surface area (Å²) in [6.45, 7) is 7.46. The van der Waals surface area contributed by atoms with Gasteiger partial charge < -0.3 is 18.9 Å². The van der Waals surface area contributed by atoms with Crippen molar-refractivity contribution in [3.05, 3.63) is 49.4 Å². The monoisotopic (exact) mass is 254 g/mol. The van der Waals surface area contributed by atoms with Crippen molar-refractivity contribution in [2.75, 3.05) is 6.61 Å². The molecule has 4 nitrogen and oxygen atoms in total. The van der Waals surface area contributed by atoms with Crippen LogP contribution in [-0.4, -0.2) is 12.6 Å². The Morgan fingerprint density at radius 3 is 1.39 bits per heavy atom. The topological polar surface area (TPSA) is 36.9 Å². The highest BCUT2D eigenvalue weighted by Gasteiger charge is 2.36. The Morgan fingerprint density at radius 1 is 0.667 bits per heavy atom. The van der Waals surface area contributed by atoms with Gasteiger partial charge in [0.15, 0.2) is 0 Å². The maximum Gasteiger partial charge on any atom is 0.452 e. The lowest BCUT2D eigenvalue weighted by molar-refractivity contribution is -0.332. The maximum absolute atomic E-state index is 5.44. The molecule has 0 bridgehead atoms. The van der Waals surface area contributed by atoms with Gasteiger partial charge in [0.2, 0.25) is 6.61 Å². The molecule has 0 heterocycles. The second-order valence-corrected chi connectivity index (χ2v) is 3.23. The fourth-order valence-electron chi connectivity index (χ4n) is 0.947. The van der Waals surface area contributed by atoms with Gasteiger partial charge in [-0.1, -0.05) is 24.3 Å². The van der Waals surface area contributed by atoms with Crippen molar-refractivity contribution in [3.63, 3.8) is 0 Å². The van der Waals surface area contributed by atoms with Crippen LogP contribution >= 0.6 is 0 Å². The smallest absolute Gasteiger partial charge is 0.452 e. The highest BCUT2D eigenvalue weighted by Crippen LogP contribution is 2.18. The van der Waals surface area contributed by atoms with Crippen LogP contribution < -0.4 is 0 Å². The summed E-state index contributed by atoms with van der Waals surface area (Å²) in [5, 5.41) is 0. The zero-order chi connectivity index (χ0) is 13.7. The molecule has 0 saturated carbocycles. The summed E-state index contributed by atoms with van der Waals surface area (Å²) in [7, 11) is 0. The van der Waals surface area contributed by atoms with Crippen molar-refractivity contribution in [1.82, 2.24) is 0 Å². The van der Waals surface area contributed by atoms with E-state index in [0.717, 1.165) is 0 Å². The van der Waals surface area contributed by atoms with Gasteiger partial charge in [-0.25, -0.2) is 0 Å². The number of hydrogen-bond donors (Lipinski definition) is 0. The second-order valence-electron chi connectivity index (χ2n) is 3.23. The zero-order valence-electron chi connectivity index (χ0n) is 11.5. The second kappa shape index (κ2) is 10.3. The Kier molecular flexibility index (Phi) is 9.27. The average Bonchev–Trinajstić information content (AvgIpc) is 2.40. The Labute approximate surface area is 109 Å². The summed E-state index contributed by atoms with van der Waals surface area (Å²) in [6.07, 6.45) is 13.0. The molecule has 0 radical (unpaired) electrons. The molecule has 0 spiro atoms. The van der Waals surface area contributed by atoms with Crippen molar-refractivity contribution < 1.29 is 18.9 Å². The molecule has 4 heteroatoms. The van der Waals surface area contributed by atoms with E-state index in [9.17, 15) is 0 Å². The minimum atomic E-state index is -1.33. The van der Waals surface area contributed by atoms with Crippen LogP contribution in [0, 0.1) is 0 Å². The third-order valence-corrected chi connectivity index (χ3v) is 1.64. The third-order valence-electron chi connectivity index (χ3n) is 1.64. The molecule has 102 valence electrons. The van der Waals surface area contributed by atoms with Gasteiger partial charge in [0.25, 0.3) is 0 Å². The van der Waals surface area contributed by atoms with Crippen LogP contribution in [0.25, 0.3) is 0 Å². The molecule has 0 aromatic heterocycles. The first-order valence-corrected chi connectivity index (χ1v) is 5.84. The lowest BCUT2D eigenvalue weighted by Gasteiger charge is -2.29. The fourth-order valence-corrected chi connectivity index (χ4v) is 0.947. The molecule has 0 aliphatic carbocycles. The maximum atomic E-state index is 5.44. The number of rotatable bonds is 9. The molecular weight excluding hydrogens is 232 g/mol. The van der Waals surface area contributed by atoms with Crippen molar-refractivity contribution in [2.45, 2.75) is 33.7 Å². The predicted molar refractivity (Wildman–Crippen MR) is 71.2 cm³/mol. The van der Waals surface area contributed by atoms with Crippen LogP contribution in [0.3, 0.4) is 0 Å². The minimum absolute atomic E-state index is 0.0936. The SMILES string of the molecule is CC=COCC(OC=CC)(OC=CC)OC=CC. The van der Waals surface area contributed by atoms with Gasteiger partial charge in [-0.3, -0.25) is 0 Å². The molecule has 0 amide bonds. The van der Waals surface area contributed by atoms with Crippen LogP contribution in [-0.2, 0) is 18.9 Å². The van der Waals surface area contributed by atoms with Crippen molar-refractivity contribution >= 4 is 0 Å². The van der Waals surface area contributed by atoms with E-state index in [4.69, 9.17) is 18.9 Å². The highest BCUT2D eigenvalue weighted by molar-refractivity contribution is 4.79. The average molecular weight is 254 g/mol. The summed E-state index contributed by atoms with van der Waals surface area (Å²) in [5.74, 6) is -1.33. The molecule has 0 aromatic carbocycles. The zero-order valence-corrected chi connectivity index (χ0v) is 11.5. The van der Waals surface area contributed by atoms with Crippen molar-refractivity contribution in [1.29, 1.82) is 0 Å². The lowest BCUT2D eigenvalue weighted by atomic mass is 10.5. The molecule has 0 aromatic rings. The molecule has 0 unspecified atom stereocenters. The molecule has 0 aliphatic heterocycles. The van der Waals surface area contributed by atoms with Crippen LogP contribution in [0.4, 0.5) is 0 Å². The van der Waals surface area contributed by atoms with Crippen molar-refractivity contribution in [2.24, 2.45) is 0 Å². The van der Waals surface area contributed by atoms with Gasteiger partial charge in [-0.2, -0.15) is 0 Å². The molecule has 18 heavy (non-hydrogen) atoms. The van der Waals surface area contributed by atoms with Crippen LogP contribution in [0.15, 0.2) is 49.4 Å². The minimum Gasteiger partial charge on any atom is -0.489 e. The number of ether oxygens (including phenoxy) is 4. The van der Waals surface area contributed by atoms with E-state index in [1.54, 1.807) is 30.6 Å². The van der Waals surface area contributed by atoms with Gasteiger partial charge in [-0.05, 0) is 27.7 Å². The highest BCUT2D eigenvalue weighted by atomic mass is 16.9. The summed E-state index contributed by atoms with van der Waals surface area (Å²) >= 11 is 0.